The monoisotopic (exact) mass is 245 g/mol. The maximum Gasteiger partial charge on any atom is 0.243 e. The highest BCUT2D eigenvalue weighted by atomic mass is 16.5. The van der Waals surface area contributed by atoms with Gasteiger partial charge in [-0.2, -0.15) is 0 Å². The van der Waals surface area contributed by atoms with Crippen LogP contribution < -0.4 is 16.6 Å². The Morgan fingerprint density at radius 3 is 2.71 bits per heavy atom. The number of rotatable bonds is 7. The van der Waals surface area contributed by atoms with Crippen LogP contribution in [0.25, 0.3) is 0 Å². The van der Waals surface area contributed by atoms with Gasteiger partial charge >= 0.3 is 0 Å². The first kappa shape index (κ1) is 15.7. The molecule has 7 heteroatoms. The SMILES string of the molecule is CCOCCCNC(=NCC(=O)N(C)C)NN. The van der Waals surface area contributed by atoms with E-state index in [4.69, 9.17) is 10.6 Å². The lowest BCUT2D eigenvalue weighted by Crippen LogP contribution is -2.42. The molecule has 7 nitrogen and oxygen atoms in total. The van der Waals surface area contributed by atoms with Crippen LogP contribution in [-0.2, 0) is 9.53 Å². The molecule has 100 valence electrons. The normalized spacial score (nSPS) is 11.2. The summed E-state index contributed by atoms with van der Waals surface area (Å²) in [5.74, 6) is 5.62. The first-order chi connectivity index (χ1) is 8.11. The number of hydrazine groups is 1. The van der Waals surface area contributed by atoms with E-state index in [0.717, 1.165) is 6.42 Å². The van der Waals surface area contributed by atoms with E-state index in [1.165, 1.54) is 4.90 Å². The fourth-order valence-corrected chi connectivity index (χ4v) is 0.966. The molecule has 0 spiro atoms. The second-order valence-corrected chi connectivity index (χ2v) is 3.57. The molecule has 17 heavy (non-hydrogen) atoms. The predicted molar refractivity (Wildman–Crippen MR) is 67.4 cm³/mol. The summed E-state index contributed by atoms with van der Waals surface area (Å²) < 4.78 is 5.19. The van der Waals surface area contributed by atoms with Crippen LogP contribution in [0, 0.1) is 0 Å². The number of amides is 1. The topological polar surface area (TPSA) is 92.0 Å². The molecule has 0 fully saturated rings. The largest absolute Gasteiger partial charge is 0.382 e. The molecule has 0 radical (unpaired) electrons. The molecule has 0 atom stereocenters. The summed E-state index contributed by atoms with van der Waals surface area (Å²) in [6, 6.07) is 0. The standard InChI is InChI=1S/C10H23N5O2/c1-4-17-7-5-6-12-10(14-11)13-8-9(16)15(2)3/h4-8,11H2,1-3H3,(H2,12,13,14). The summed E-state index contributed by atoms with van der Waals surface area (Å²) in [6.07, 6.45) is 0.857. The molecule has 0 saturated carbocycles. The van der Waals surface area contributed by atoms with Crippen LogP contribution in [0.4, 0.5) is 0 Å². The van der Waals surface area contributed by atoms with Crippen molar-refractivity contribution >= 4 is 11.9 Å². The van der Waals surface area contributed by atoms with Crippen molar-refractivity contribution in [3.63, 3.8) is 0 Å². The zero-order chi connectivity index (χ0) is 13.1. The Labute approximate surface area is 102 Å². The van der Waals surface area contributed by atoms with E-state index in [1.807, 2.05) is 6.92 Å². The first-order valence-electron chi connectivity index (χ1n) is 5.64. The number of carbonyl (C=O) groups is 1. The summed E-state index contributed by atoms with van der Waals surface area (Å²) in [5.41, 5.74) is 2.41. The minimum atomic E-state index is -0.0751. The Morgan fingerprint density at radius 2 is 2.18 bits per heavy atom. The van der Waals surface area contributed by atoms with Gasteiger partial charge in [-0.25, -0.2) is 10.8 Å². The first-order valence-corrected chi connectivity index (χ1v) is 5.64. The number of likely N-dealkylation sites (N-methyl/N-ethyl adjacent to an activating group) is 1. The van der Waals surface area contributed by atoms with Gasteiger partial charge in [0.2, 0.25) is 11.9 Å². The molecule has 0 aliphatic carbocycles. The second-order valence-electron chi connectivity index (χ2n) is 3.57. The highest BCUT2D eigenvalue weighted by molar-refractivity contribution is 5.84. The van der Waals surface area contributed by atoms with Crippen molar-refractivity contribution in [3.8, 4) is 0 Å². The number of nitrogens with zero attached hydrogens (tertiary/aromatic N) is 2. The average Bonchev–Trinajstić information content (AvgIpc) is 2.32. The quantitative estimate of drug-likeness (QED) is 0.174. The Balaban J connectivity index is 3.81. The highest BCUT2D eigenvalue weighted by Crippen LogP contribution is 1.82. The summed E-state index contributed by atoms with van der Waals surface area (Å²) in [7, 11) is 3.37. The van der Waals surface area contributed by atoms with Gasteiger partial charge in [0.15, 0.2) is 0 Å². The summed E-state index contributed by atoms with van der Waals surface area (Å²) in [6.45, 7) is 4.13. The van der Waals surface area contributed by atoms with Gasteiger partial charge in [-0.05, 0) is 13.3 Å². The number of nitrogens with one attached hydrogen (secondary N) is 2. The molecule has 0 aromatic heterocycles. The lowest BCUT2D eigenvalue weighted by atomic mass is 10.4. The number of carbonyl (C=O) groups excluding carboxylic acids is 1. The van der Waals surface area contributed by atoms with Crippen molar-refractivity contribution in [2.24, 2.45) is 10.8 Å². The van der Waals surface area contributed by atoms with Gasteiger partial charge in [-0.15, -0.1) is 0 Å². The van der Waals surface area contributed by atoms with E-state index in [1.54, 1.807) is 14.1 Å². The highest BCUT2D eigenvalue weighted by Gasteiger charge is 2.03. The van der Waals surface area contributed by atoms with E-state index in [9.17, 15) is 4.79 Å². The fraction of sp³-hybridized carbons (Fsp3) is 0.800. The molecule has 0 aromatic carbocycles. The van der Waals surface area contributed by atoms with E-state index in [-0.39, 0.29) is 12.5 Å². The number of guanidine groups is 1. The fourth-order valence-electron chi connectivity index (χ4n) is 0.966. The molecule has 0 rings (SSSR count). The van der Waals surface area contributed by atoms with Gasteiger partial charge in [-0.1, -0.05) is 0 Å². The van der Waals surface area contributed by atoms with Gasteiger partial charge in [0.25, 0.3) is 0 Å². The minimum absolute atomic E-state index is 0.0744. The Hall–Kier alpha value is -1.34. The predicted octanol–water partition coefficient (Wildman–Crippen LogP) is -1.09. The molecule has 4 N–H and O–H groups in total. The van der Waals surface area contributed by atoms with E-state index >= 15 is 0 Å². The van der Waals surface area contributed by atoms with E-state index in [2.05, 4.69) is 15.7 Å². The number of nitrogens with two attached hydrogens (primary N) is 1. The maximum absolute atomic E-state index is 11.3. The van der Waals surface area contributed by atoms with Crippen LogP contribution >= 0.6 is 0 Å². The van der Waals surface area contributed by atoms with Gasteiger partial charge < -0.3 is 15.0 Å². The zero-order valence-corrected chi connectivity index (χ0v) is 10.8. The Kier molecular flexibility index (Phi) is 9.08. The number of hydrogen-bond acceptors (Lipinski definition) is 4. The van der Waals surface area contributed by atoms with Crippen molar-refractivity contribution < 1.29 is 9.53 Å². The molecule has 0 aromatic rings. The second kappa shape index (κ2) is 9.86. The lowest BCUT2D eigenvalue weighted by Gasteiger charge is -2.11. The van der Waals surface area contributed by atoms with Crippen molar-refractivity contribution in [1.82, 2.24) is 15.6 Å². The third kappa shape index (κ3) is 8.47. The Morgan fingerprint density at radius 1 is 1.47 bits per heavy atom. The van der Waals surface area contributed by atoms with Crippen molar-refractivity contribution in [3.05, 3.63) is 0 Å². The van der Waals surface area contributed by atoms with Crippen molar-refractivity contribution in [2.45, 2.75) is 13.3 Å². The van der Waals surface area contributed by atoms with Crippen LogP contribution in [0.2, 0.25) is 0 Å². The van der Waals surface area contributed by atoms with Gasteiger partial charge in [0.05, 0.1) is 0 Å². The molecule has 1 amide bonds. The third-order valence-electron chi connectivity index (χ3n) is 1.97. The smallest absolute Gasteiger partial charge is 0.243 e. The van der Waals surface area contributed by atoms with Crippen LogP contribution in [0.1, 0.15) is 13.3 Å². The molecule has 0 bridgehead atoms. The zero-order valence-electron chi connectivity index (χ0n) is 10.8. The molecule has 0 aliphatic heterocycles. The van der Waals surface area contributed by atoms with Gasteiger partial charge in [0, 0.05) is 33.9 Å². The molecular weight excluding hydrogens is 222 g/mol. The molecule has 0 heterocycles. The maximum atomic E-state index is 11.3. The van der Waals surface area contributed by atoms with E-state index in [0.29, 0.717) is 25.7 Å². The number of hydrogen-bond donors (Lipinski definition) is 3. The molecular formula is C10H23N5O2. The third-order valence-corrected chi connectivity index (χ3v) is 1.97. The van der Waals surface area contributed by atoms with Crippen LogP contribution in [0.3, 0.4) is 0 Å². The number of aliphatic imine (C=N–C) groups is 1. The number of ether oxygens (including phenoxy) is 1. The molecule has 0 unspecified atom stereocenters. The summed E-state index contributed by atoms with van der Waals surface area (Å²) in [5, 5.41) is 2.99. The van der Waals surface area contributed by atoms with Crippen LogP contribution in [0.5, 0.6) is 0 Å². The van der Waals surface area contributed by atoms with Crippen molar-refractivity contribution in [2.75, 3.05) is 40.4 Å². The van der Waals surface area contributed by atoms with Gasteiger partial charge in [0.1, 0.15) is 6.54 Å². The summed E-state index contributed by atoms with van der Waals surface area (Å²) in [4.78, 5) is 16.8. The molecule has 0 aliphatic rings. The molecule has 0 saturated heterocycles. The van der Waals surface area contributed by atoms with Gasteiger partial charge in [-0.3, -0.25) is 10.2 Å². The van der Waals surface area contributed by atoms with E-state index < -0.39 is 0 Å². The van der Waals surface area contributed by atoms with Crippen LogP contribution in [-0.4, -0.2) is 57.2 Å². The van der Waals surface area contributed by atoms with Crippen LogP contribution in [0.15, 0.2) is 4.99 Å². The lowest BCUT2D eigenvalue weighted by molar-refractivity contribution is -0.127. The summed E-state index contributed by atoms with van der Waals surface area (Å²) >= 11 is 0. The average molecular weight is 245 g/mol. The Bertz CT molecular complexity index is 243. The van der Waals surface area contributed by atoms with Crippen molar-refractivity contribution in [1.29, 1.82) is 0 Å². The minimum Gasteiger partial charge on any atom is -0.382 e.